The Morgan fingerprint density at radius 1 is 1.19 bits per heavy atom. The molecule has 0 atom stereocenters. The van der Waals surface area contributed by atoms with Crippen molar-refractivity contribution in [1.29, 1.82) is 0 Å². The van der Waals surface area contributed by atoms with Crippen LogP contribution in [-0.2, 0) is 11.3 Å². The minimum Gasteiger partial charge on any atom is -0.491 e. The molecule has 0 aliphatic heterocycles. The van der Waals surface area contributed by atoms with Crippen LogP contribution in [0.3, 0.4) is 0 Å². The Balaban J connectivity index is 1.81. The van der Waals surface area contributed by atoms with Crippen LogP contribution in [0.25, 0.3) is 10.8 Å². The first-order valence-corrected chi connectivity index (χ1v) is 8.65. The van der Waals surface area contributed by atoms with Gasteiger partial charge in [0.2, 0.25) is 5.91 Å². The summed E-state index contributed by atoms with van der Waals surface area (Å²) in [5.41, 5.74) is 0.367. The van der Waals surface area contributed by atoms with Gasteiger partial charge < -0.3 is 14.6 Å². The third-order valence-corrected chi connectivity index (χ3v) is 3.98. The van der Waals surface area contributed by atoms with E-state index in [1.807, 2.05) is 19.9 Å². The Morgan fingerprint density at radius 2 is 2.00 bits per heavy atom. The highest BCUT2D eigenvalue weighted by Gasteiger charge is 2.09. The Labute approximate surface area is 156 Å². The molecule has 0 spiro atoms. The molecule has 1 amide bonds. The largest absolute Gasteiger partial charge is 0.491 e. The lowest BCUT2D eigenvalue weighted by Gasteiger charge is -2.11. The number of carbonyl (C=O) groups excluding carboxylic acids is 1. The minimum absolute atomic E-state index is 0.0583. The molecule has 0 saturated carbocycles. The second-order valence-corrected chi connectivity index (χ2v) is 6.66. The Kier molecular flexibility index (Phi) is 5.28. The van der Waals surface area contributed by atoms with Gasteiger partial charge in [-0.1, -0.05) is 17.7 Å². The SMILES string of the molecule is CC(C)Oc1ccc2c(=O)n(CC(=O)Nc3cccc(Cl)c3)ccc2c1. The van der Waals surface area contributed by atoms with Gasteiger partial charge in [-0.15, -0.1) is 0 Å². The molecule has 0 radical (unpaired) electrons. The first-order chi connectivity index (χ1) is 12.4. The predicted molar refractivity (Wildman–Crippen MR) is 104 cm³/mol. The highest BCUT2D eigenvalue weighted by molar-refractivity contribution is 6.30. The Morgan fingerprint density at radius 3 is 2.73 bits per heavy atom. The van der Waals surface area contributed by atoms with E-state index < -0.39 is 0 Å². The van der Waals surface area contributed by atoms with E-state index in [0.717, 1.165) is 5.39 Å². The quantitative estimate of drug-likeness (QED) is 0.736. The van der Waals surface area contributed by atoms with Gasteiger partial charge in [-0.3, -0.25) is 9.59 Å². The van der Waals surface area contributed by atoms with Gasteiger partial charge in [-0.05, 0) is 61.7 Å². The summed E-state index contributed by atoms with van der Waals surface area (Å²) in [5, 5.41) is 4.58. The molecule has 0 bridgehead atoms. The van der Waals surface area contributed by atoms with Crippen molar-refractivity contribution in [2.75, 3.05) is 5.32 Å². The molecule has 5 nitrogen and oxygen atoms in total. The first kappa shape index (κ1) is 18.0. The fourth-order valence-electron chi connectivity index (χ4n) is 2.66. The van der Waals surface area contributed by atoms with E-state index in [-0.39, 0.29) is 24.1 Å². The van der Waals surface area contributed by atoms with Crippen LogP contribution in [0.15, 0.2) is 59.5 Å². The van der Waals surface area contributed by atoms with Gasteiger partial charge in [-0.2, -0.15) is 0 Å². The van der Waals surface area contributed by atoms with Crippen molar-refractivity contribution in [3.05, 3.63) is 70.1 Å². The van der Waals surface area contributed by atoms with Gasteiger partial charge in [0.05, 0.1) is 6.10 Å². The zero-order chi connectivity index (χ0) is 18.7. The number of rotatable bonds is 5. The van der Waals surface area contributed by atoms with Gasteiger partial charge in [0.1, 0.15) is 12.3 Å². The lowest BCUT2D eigenvalue weighted by atomic mass is 10.1. The zero-order valence-corrected chi connectivity index (χ0v) is 15.3. The number of ether oxygens (including phenoxy) is 1. The molecule has 6 heteroatoms. The van der Waals surface area contributed by atoms with Crippen LogP contribution in [0, 0.1) is 0 Å². The van der Waals surface area contributed by atoms with Crippen LogP contribution in [0.4, 0.5) is 5.69 Å². The number of benzene rings is 2. The Bertz CT molecular complexity index is 1010. The molecule has 134 valence electrons. The fourth-order valence-corrected chi connectivity index (χ4v) is 2.85. The molecule has 26 heavy (non-hydrogen) atoms. The summed E-state index contributed by atoms with van der Waals surface area (Å²) >= 11 is 5.91. The first-order valence-electron chi connectivity index (χ1n) is 8.27. The lowest BCUT2D eigenvalue weighted by Crippen LogP contribution is -2.27. The third-order valence-electron chi connectivity index (χ3n) is 3.74. The number of amides is 1. The van der Waals surface area contributed by atoms with E-state index in [1.165, 1.54) is 4.57 Å². The van der Waals surface area contributed by atoms with Crippen LogP contribution < -0.4 is 15.6 Å². The number of nitrogens with zero attached hydrogens (tertiary/aromatic N) is 1. The number of halogens is 1. The highest BCUT2D eigenvalue weighted by Crippen LogP contribution is 2.19. The molecule has 3 rings (SSSR count). The van der Waals surface area contributed by atoms with Crippen LogP contribution >= 0.6 is 11.6 Å². The standard InChI is InChI=1S/C20H19ClN2O3/c1-13(2)26-17-6-7-18-14(10-17)8-9-23(20(18)25)12-19(24)22-16-5-3-4-15(21)11-16/h3-11,13H,12H2,1-2H3,(H,22,24). The lowest BCUT2D eigenvalue weighted by molar-refractivity contribution is -0.116. The van der Waals surface area contributed by atoms with E-state index in [9.17, 15) is 9.59 Å². The zero-order valence-electron chi connectivity index (χ0n) is 14.5. The van der Waals surface area contributed by atoms with Crippen molar-refractivity contribution in [3.63, 3.8) is 0 Å². The number of nitrogens with one attached hydrogen (secondary N) is 1. The summed E-state index contributed by atoms with van der Waals surface area (Å²) in [7, 11) is 0. The van der Waals surface area contributed by atoms with Gasteiger partial charge in [0.25, 0.3) is 5.56 Å². The smallest absolute Gasteiger partial charge is 0.258 e. The maximum absolute atomic E-state index is 12.6. The molecule has 1 aromatic heterocycles. The van der Waals surface area contributed by atoms with E-state index in [0.29, 0.717) is 21.8 Å². The normalized spacial score (nSPS) is 10.9. The molecular weight excluding hydrogens is 352 g/mol. The molecule has 1 heterocycles. The minimum atomic E-state index is -0.298. The predicted octanol–water partition coefficient (Wildman–Crippen LogP) is 4.08. The van der Waals surface area contributed by atoms with Crippen LogP contribution in [-0.4, -0.2) is 16.6 Å². The average Bonchev–Trinajstić information content (AvgIpc) is 2.57. The number of carbonyl (C=O) groups is 1. The van der Waals surface area contributed by atoms with Crippen molar-refractivity contribution in [2.45, 2.75) is 26.5 Å². The molecule has 0 unspecified atom stereocenters. The fraction of sp³-hybridized carbons (Fsp3) is 0.200. The molecule has 2 aromatic carbocycles. The van der Waals surface area contributed by atoms with Crippen molar-refractivity contribution in [2.24, 2.45) is 0 Å². The second-order valence-electron chi connectivity index (χ2n) is 6.22. The van der Waals surface area contributed by atoms with Gasteiger partial charge in [-0.25, -0.2) is 0 Å². The summed E-state index contributed by atoms with van der Waals surface area (Å²) in [6, 6.07) is 14.0. The van der Waals surface area contributed by atoms with Crippen LogP contribution in [0.5, 0.6) is 5.75 Å². The molecular formula is C20H19ClN2O3. The Hall–Kier alpha value is -2.79. The molecule has 0 saturated heterocycles. The summed E-state index contributed by atoms with van der Waals surface area (Å²) in [4.78, 5) is 24.8. The molecule has 0 aliphatic rings. The van der Waals surface area contributed by atoms with Crippen molar-refractivity contribution < 1.29 is 9.53 Å². The summed E-state index contributed by atoms with van der Waals surface area (Å²) in [6.07, 6.45) is 1.67. The maximum Gasteiger partial charge on any atom is 0.258 e. The number of hydrogen-bond acceptors (Lipinski definition) is 3. The van der Waals surface area contributed by atoms with Gasteiger partial charge in [0.15, 0.2) is 0 Å². The van der Waals surface area contributed by atoms with Crippen LogP contribution in [0.1, 0.15) is 13.8 Å². The summed E-state index contributed by atoms with van der Waals surface area (Å²) in [5.74, 6) is 0.414. The van der Waals surface area contributed by atoms with Crippen molar-refractivity contribution in [1.82, 2.24) is 4.57 Å². The van der Waals surface area contributed by atoms with Crippen LogP contribution in [0.2, 0.25) is 5.02 Å². The molecule has 3 aromatic rings. The average molecular weight is 371 g/mol. The van der Waals surface area contributed by atoms with E-state index in [4.69, 9.17) is 16.3 Å². The number of aromatic nitrogens is 1. The maximum atomic E-state index is 12.6. The van der Waals surface area contributed by atoms with E-state index in [1.54, 1.807) is 48.7 Å². The summed E-state index contributed by atoms with van der Waals surface area (Å²) < 4.78 is 7.03. The van der Waals surface area contributed by atoms with Gasteiger partial charge in [0, 0.05) is 22.3 Å². The highest BCUT2D eigenvalue weighted by atomic mass is 35.5. The molecule has 0 fully saturated rings. The van der Waals surface area contributed by atoms with Crippen molar-refractivity contribution in [3.8, 4) is 5.75 Å². The topological polar surface area (TPSA) is 60.3 Å². The van der Waals surface area contributed by atoms with E-state index in [2.05, 4.69) is 5.32 Å². The third kappa shape index (κ3) is 4.24. The van der Waals surface area contributed by atoms with E-state index >= 15 is 0 Å². The van der Waals surface area contributed by atoms with Gasteiger partial charge >= 0.3 is 0 Å². The summed E-state index contributed by atoms with van der Waals surface area (Å²) in [6.45, 7) is 3.81. The number of hydrogen-bond donors (Lipinski definition) is 1. The number of fused-ring (bicyclic) bond motifs is 1. The molecule has 1 N–H and O–H groups in total. The number of anilines is 1. The van der Waals surface area contributed by atoms with Crippen molar-refractivity contribution >= 4 is 34.0 Å². The molecule has 0 aliphatic carbocycles. The monoisotopic (exact) mass is 370 g/mol. The number of pyridine rings is 1. The second kappa shape index (κ2) is 7.62.